The van der Waals surface area contributed by atoms with Crippen molar-refractivity contribution < 1.29 is 0 Å². The third-order valence-corrected chi connectivity index (χ3v) is 6.07. The molecule has 0 amide bonds. The van der Waals surface area contributed by atoms with E-state index in [1.165, 1.54) is 29.3 Å². The van der Waals surface area contributed by atoms with Gasteiger partial charge in [0.15, 0.2) is 5.96 Å². The Labute approximate surface area is 159 Å². The Hall–Kier alpha value is -0.0200. The predicted molar refractivity (Wildman–Crippen MR) is 110 cm³/mol. The van der Waals surface area contributed by atoms with Gasteiger partial charge in [0, 0.05) is 43.1 Å². The van der Waals surface area contributed by atoms with Gasteiger partial charge in [-0.15, -0.1) is 35.3 Å². The SMILES string of the molecule is CN=C(NCCc1csc(C(C)C)n1)NCC1CCCS1.I. The molecule has 2 rings (SSSR count). The van der Waals surface area contributed by atoms with Gasteiger partial charge in [-0.2, -0.15) is 11.8 Å². The molecular weight excluding hydrogens is 427 g/mol. The van der Waals surface area contributed by atoms with Crippen LogP contribution in [0.15, 0.2) is 10.4 Å². The lowest BCUT2D eigenvalue weighted by atomic mass is 10.2. The van der Waals surface area contributed by atoms with Gasteiger partial charge in [-0.05, 0) is 18.6 Å². The first-order valence-electron chi connectivity index (χ1n) is 7.69. The van der Waals surface area contributed by atoms with E-state index >= 15 is 0 Å². The smallest absolute Gasteiger partial charge is 0.191 e. The highest BCUT2D eigenvalue weighted by Crippen LogP contribution is 2.25. The fourth-order valence-electron chi connectivity index (χ4n) is 2.25. The highest BCUT2D eigenvalue weighted by atomic mass is 127. The molecule has 0 bridgehead atoms. The van der Waals surface area contributed by atoms with E-state index < -0.39 is 0 Å². The van der Waals surface area contributed by atoms with Gasteiger partial charge in [-0.25, -0.2) is 4.98 Å². The lowest BCUT2D eigenvalue weighted by Gasteiger charge is -2.14. The van der Waals surface area contributed by atoms with Crippen molar-refractivity contribution in [1.82, 2.24) is 15.6 Å². The molecular formula is C15H27IN4S2. The van der Waals surface area contributed by atoms with Crippen LogP contribution < -0.4 is 10.6 Å². The van der Waals surface area contributed by atoms with Crippen LogP contribution in [0.5, 0.6) is 0 Å². The van der Waals surface area contributed by atoms with Crippen molar-refractivity contribution in [2.45, 2.75) is 44.3 Å². The largest absolute Gasteiger partial charge is 0.356 e. The average Bonchev–Trinajstić information content (AvgIpc) is 3.13. The molecule has 0 aliphatic carbocycles. The molecule has 0 radical (unpaired) electrons. The Morgan fingerprint density at radius 2 is 2.27 bits per heavy atom. The first-order chi connectivity index (χ1) is 10.2. The van der Waals surface area contributed by atoms with E-state index in [4.69, 9.17) is 0 Å². The van der Waals surface area contributed by atoms with Crippen molar-refractivity contribution in [1.29, 1.82) is 0 Å². The quantitative estimate of drug-likeness (QED) is 0.393. The van der Waals surface area contributed by atoms with Crippen molar-refractivity contribution in [2.75, 3.05) is 25.9 Å². The molecule has 126 valence electrons. The highest BCUT2D eigenvalue weighted by Gasteiger charge is 2.15. The average molecular weight is 454 g/mol. The molecule has 1 unspecified atom stereocenters. The molecule has 2 N–H and O–H groups in total. The van der Waals surface area contributed by atoms with Crippen LogP contribution in [0.25, 0.3) is 0 Å². The van der Waals surface area contributed by atoms with Gasteiger partial charge < -0.3 is 10.6 Å². The first kappa shape index (κ1) is 20.0. The molecule has 1 aliphatic heterocycles. The van der Waals surface area contributed by atoms with Crippen molar-refractivity contribution in [3.8, 4) is 0 Å². The molecule has 22 heavy (non-hydrogen) atoms. The van der Waals surface area contributed by atoms with Gasteiger partial charge in [0.1, 0.15) is 0 Å². The zero-order valence-corrected chi connectivity index (χ0v) is 17.6. The molecule has 4 nitrogen and oxygen atoms in total. The van der Waals surface area contributed by atoms with E-state index in [-0.39, 0.29) is 24.0 Å². The Morgan fingerprint density at radius 1 is 1.45 bits per heavy atom. The summed E-state index contributed by atoms with van der Waals surface area (Å²) in [4.78, 5) is 8.94. The van der Waals surface area contributed by atoms with Gasteiger partial charge in [-0.3, -0.25) is 4.99 Å². The Balaban J connectivity index is 0.00000242. The van der Waals surface area contributed by atoms with Crippen LogP contribution in [-0.2, 0) is 6.42 Å². The summed E-state index contributed by atoms with van der Waals surface area (Å²) in [5.74, 6) is 2.73. The van der Waals surface area contributed by atoms with E-state index in [2.05, 4.69) is 51.6 Å². The molecule has 1 aromatic rings. The third-order valence-electron chi connectivity index (χ3n) is 3.48. The Bertz CT molecular complexity index is 456. The van der Waals surface area contributed by atoms with E-state index in [0.717, 1.165) is 30.7 Å². The lowest BCUT2D eigenvalue weighted by Crippen LogP contribution is -2.40. The highest BCUT2D eigenvalue weighted by molar-refractivity contribution is 14.0. The molecule has 7 heteroatoms. The third kappa shape index (κ3) is 6.62. The topological polar surface area (TPSA) is 49.3 Å². The summed E-state index contributed by atoms with van der Waals surface area (Å²) in [5.41, 5.74) is 1.18. The summed E-state index contributed by atoms with van der Waals surface area (Å²) in [7, 11) is 1.83. The van der Waals surface area contributed by atoms with Crippen molar-refractivity contribution in [3.63, 3.8) is 0 Å². The van der Waals surface area contributed by atoms with Crippen LogP contribution in [0.2, 0.25) is 0 Å². The maximum Gasteiger partial charge on any atom is 0.191 e. The van der Waals surface area contributed by atoms with Crippen molar-refractivity contribution >= 4 is 53.0 Å². The normalized spacial score (nSPS) is 18.4. The van der Waals surface area contributed by atoms with E-state index in [1.807, 2.05) is 7.05 Å². The fourth-order valence-corrected chi connectivity index (χ4v) is 4.32. The number of thiazole rings is 1. The van der Waals surface area contributed by atoms with Crippen LogP contribution in [0.3, 0.4) is 0 Å². The molecule has 1 fully saturated rings. The second kappa shape index (κ2) is 10.7. The number of rotatable bonds is 6. The van der Waals surface area contributed by atoms with Gasteiger partial charge in [-0.1, -0.05) is 13.8 Å². The van der Waals surface area contributed by atoms with E-state index in [9.17, 15) is 0 Å². The summed E-state index contributed by atoms with van der Waals surface area (Å²) >= 11 is 3.83. The summed E-state index contributed by atoms with van der Waals surface area (Å²) in [6.07, 6.45) is 3.62. The molecule has 1 aromatic heterocycles. The minimum Gasteiger partial charge on any atom is -0.356 e. The second-order valence-electron chi connectivity index (χ2n) is 5.60. The predicted octanol–water partition coefficient (Wildman–Crippen LogP) is 3.49. The molecule has 0 aromatic carbocycles. The van der Waals surface area contributed by atoms with Gasteiger partial charge in [0.2, 0.25) is 0 Å². The minimum absolute atomic E-state index is 0. The van der Waals surface area contributed by atoms with Gasteiger partial charge >= 0.3 is 0 Å². The Morgan fingerprint density at radius 3 is 2.86 bits per heavy atom. The van der Waals surface area contributed by atoms with Crippen molar-refractivity contribution in [3.05, 3.63) is 16.1 Å². The maximum atomic E-state index is 4.66. The van der Waals surface area contributed by atoms with Gasteiger partial charge in [0.25, 0.3) is 0 Å². The van der Waals surface area contributed by atoms with Crippen LogP contribution in [-0.4, -0.2) is 42.1 Å². The number of thioether (sulfide) groups is 1. The monoisotopic (exact) mass is 454 g/mol. The first-order valence-corrected chi connectivity index (χ1v) is 9.62. The number of nitrogens with zero attached hydrogens (tertiary/aromatic N) is 2. The number of hydrogen-bond acceptors (Lipinski definition) is 4. The summed E-state index contributed by atoms with van der Waals surface area (Å²) in [5, 5.41) is 10.9. The minimum atomic E-state index is 0. The lowest BCUT2D eigenvalue weighted by molar-refractivity contribution is 0.722. The standard InChI is InChI=1S/C15H26N4S2.HI/c1-11(2)14-19-12(10-21-14)6-7-17-15(16-3)18-9-13-5-4-8-20-13;/h10-11,13H,4-9H2,1-3H3,(H2,16,17,18);1H. The summed E-state index contributed by atoms with van der Waals surface area (Å²) in [6.45, 7) is 6.26. The van der Waals surface area contributed by atoms with Crippen LogP contribution >= 0.6 is 47.1 Å². The molecule has 1 atom stereocenters. The van der Waals surface area contributed by atoms with Gasteiger partial charge in [0.05, 0.1) is 10.7 Å². The van der Waals surface area contributed by atoms with E-state index in [1.54, 1.807) is 11.3 Å². The summed E-state index contributed by atoms with van der Waals surface area (Å²) in [6, 6.07) is 0. The van der Waals surface area contributed by atoms with Crippen LogP contribution in [0.4, 0.5) is 0 Å². The Kier molecular flexibility index (Phi) is 9.74. The maximum absolute atomic E-state index is 4.66. The van der Waals surface area contributed by atoms with Crippen LogP contribution in [0, 0.1) is 0 Å². The van der Waals surface area contributed by atoms with Crippen molar-refractivity contribution in [2.24, 2.45) is 4.99 Å². The number of aromatic nitrogens is 1. The number of aliphatic imine (C=N–C) groups is 1. The molecule has 2 heterocycles. The number of nitrogens with one attached hydrogen (secondary N) is 2. The number of guanidine groups is 1. The number of hydrogen-bond donors (Lipinski definition) is 2. The second-order valence-corrected chi connectivity index (χ2v) is 7.89. The van der Waals surface area contributed by atoms with E-state index in [0.29, 0.717) is 5.92 Å². The number of halogens is 1. The zero-order chi connectivity index (χ0) is 15.1. The molecule has 1 saturated heterocycles. The molecule has 0 saturated carbocycles. The zero-order valence-electron chi connectivity index (χ0n) is 13.6. The molecule has 0 spiro atoms. The van der Waals surface area contributed by atoms with Crippen LogP contribution in [0.1, 0.15) is 43.3 Å². The molecule has 1 aliphatic rings. The fraction of sp³-hybridized carbons (Fsp3) is 0.733. The summed E-state index contributed by atoms with van der Waals surface area (Å²) < 4.78 is 0.